The molecule has 4 aliphatic rings. The van der Waals surface area contributed by atoms with Gasteiger partial charge < -0.3 is 9.64 Å². The molecule has 0 spiro atoms. The van der Waals surface area contributed by atoms with Crippen molar-refractivity contribution in [2.45, 2.75) is 38.0 Å². The molecular weight excluding hydrogens is 346 g/mol. The molecule has 0 saturated carbocycles. The van der Waals surface area contributed by atoms with E-state index in [0.29, 0.717) is 11.1 Å². The van der Waals surface area contributed by atoms with E-state index in [4.69, 9.17) is 4.74 Å². The van der Waals surface area contributed by atoms with Gasteiger partial charge in [-0.1, -0.05) is 18.2 Å². The second-order valence-corrected chi connectivity index (χ2v) is 9.27. The van der Waals surface area contributed by atoms with E-state index in [1.165, 1.54) is 4.91 Å². The van der Waals surface area contributed by atoms with Gasteiger partial charge in [0.05, 0.1) is 21.4 Å². The number of hydrogen-bond donors (Lipinski definition) is 0. The Bertz CT molecular complexity index is 1050. The maximum atomic E-state index is 12.7. The number of carbonyl (C=O) groups is 2. The molecule has 5 rings (SSSR count). The van der Waals surface area contributed by atoms with Gasteiger partial charge in [0, 0.05) is 23.9 Å². The summed E-state index contributed by atoms with van der Waals surface area (Å²) in [5.74, 6) is -1.03. The maximum absolute atomic E-state index is 12.7. The minimum Gasteiger partial charge on any atom is -0.386 e. The van der Waals surface area contributed by atoms with Gasteiger partial charge in [-0.2, -0.15) is 0 Å². The SMILES string of the molecule is CC1=C(C)C2=C3C(=O)OC(=O)C3=C3c4ccccc4N(C)[C@@]3(C)[C@]2(C)S1. The highest BCUT2D eigenvalue weighted by molar-refractivity contribution is 8.05. The molecule has 0 bridgehead atoms. The van der Waals surface area contributed by atoms with Crippen LogP contribution in [0.1, 0.15) is 33.3 Å². The molecule has 0 unspecified atom stereocenters. The summed E-state index contributed by atoms with van der Waals surface area (Å²) in [4.78, 5) is 28.8. The fourth-order valence-electron chi connectivity index (χ4n) is 5.17. The second-order valence-electron chi connectivity index (χ2n) is 7.64. The number of likely N-dealkylation sites (N-methyl/N-ethyl adjacent to an activating group) is 1. The van der Waals surface area contributed by atoms with E-state index >= 15 is 0 Å². The van der Waals surface area contributed by atoms with Gasteiger partial charge >= 0.3 is 11.9 Å². The highest BCUT2D eigenvalue weighted by atomic mass is 32.2. The van der Waals surface area contributed by atoms with E-state index < -0.39 is 17.5 Å². The van der Waals surface area contributed by atoms with Gasteiger partial charge in [0.15, 0.2) is 0 Å². The lowest BCUT2D eigenvalue weighted by atomic mass is 9.65. The Balaban J connectivity index is 1.99. The van der Waals surface area contributed by atoms with Gasteiger partial charge in [0.1, 0.15) is 0 Å². The molecule has 1 aromatic carbocycles. The molecule has 0 N–H and O–H groups in total. The van der Waals surface area contributed by atoms with Gasteiger partial charge in [-0.3, -0.25) is 0 Å². The molecule has 3 aliphatic heterocycles. The molecule has 1 aromatic rings. The first kappa shape index (κ1) is 15.9. The van der Waals surface area contributed by atoms with E-state index in [1.807, 2.05) is 25.1 Å². The van der Waals surface area contributed by atoms with Crippen molar-refractivity contribution in [3.8, 4) is 0 Å². The molecule has 1 aliphatic carbocycles. The van der Waals surface area contributed by atoms with Crippen molar-refractivity contribution in [2.24, 2.45) is 0 Å². The van der Waals surface area contributed by atoms with Crippen molar-refractivity contribution in [1.29, 1.82) is 0 Å². The fourth-order valence-corrected chi connectivity index (χ4v) is 6.83. The number of anilines is 1. The van der Waals surface area contributed by atoms with E-state index in [0.717, 1.165) is 28.0 Å². The zero-order valence-corrected chi connectivity index (χ0v) is 16.2. The Morgan fingerprint density at radius 2 is 1.62 bits per heavy atom. The Labute approximate surface area is 156 Å². The molecule has 3 heterocycles. The van der Waals surface area contributed by atoms with Crippen LogP contribution in [0.25, 0.3) is 5.57 Å². The third-order valence-corrected chi connectivity index (χ3v) is 8.32. The standard InChI is InChI=1S/C21H19NO3S/c1-10-11(2)26-21(4)16(10)14-15(19(24)25-18(14)23)17-12-8-6-7-9-13(12)22(5)20(17,21)3/h6-9H,1-5H3/t20-,21-/m1/s1. The molecule has 1 saturated heterocycles. The van der Waals surface area contributed by atoms with Crippen LogP contribution in [0.4, 0.5) is 5.69 Å². The Morgan fingerprint density at radius 1 is 1.00 bits per heavy atom. The van der Waals surface area contributed by atoms with Crippen LogP contribution in [0.5, 0.6) is 0 Å². The first-order valence-corrected chi connectivity index (χ1v) is 9.51. The number of rotatable bonds is 0. The van der Waals surface area contributed by atoms with Crippen LogP contribution in [-0.2, 0) is 14.3 Å². The number of thioether (sulfide) groups is 1. The van der Waals surface area contributed by atoms with E-state index in [9.17, 15) is 9.59 Å². The third kappa shape index (κ3) is 1.43. The number of para-hydroxylation sites is 1. The van der Waals surface area contributed by atoms with Crippen LogP contribution in [-0.4, -0.2) is 29.3 Å². The van der Waals surface area contributed by atoms with E-state index in [1.54, 1.807) is 11.8 Å². The number of benzene rings is 1. The zero-order valence-electron chi connectivity index (χ0n) is 15.4. The molecule has 1 fully saturated rings. The van der Waals surface area contributed by atoms with Gasteiger partial charge in [-0.25, -0.2) is 9.59 Å². The van der Waals surface area contributed by atoms with Crippen LogP contribution >= 0.6 is 11.8 Å². The van der Waals surface area contributed by atoms with E-state index in [-0.39, 0.29) is 4.75 Å². The molecule has 0 amide bonds. The number of cyclic esters (lactones) is 2. The molecule has 0 radical (unpaired) electrons. The highest BCUT2D eigenvalue weighted by Gasteiger charge is 2.65. The molecule has 2 atom stereocenters. The summed E-state index contributed by atoms with van der Waals surface area (Å²) in [7, 11) is 2.08. The summed E-state index contributed by atoms with van der Waals surface area (Å²) in [5.41, 5.74) is 5.51. The van der Waals surface area contributed by atoms with Crippen LogP contribution in [0.15, 0.2) is 51.5 Å². The van der Waals surface area contributed by atoms with E-state index in [2.05, 4.69) is 38.8 Å². The normalized spacial score (nSPS) is 32.1. The molecule has 0 aromatic heterocycles. The van der Waals surface area contributed by atoms with Crippen molar-refractivity contribution in [2.75, 3.05) is 11.9 Å². The quantitative estimate of drug-likeness (QED) is 0.516. The average Bonchev–Trinajstić information content (AvgIpc) is 3.10. The third-order valence-electron chi connectivity index (χ3n) is 6.70. The predicted molar refractivity (Wildman–Crippen MR) is 103 cm³/mol. The first-order chi connectivity index (χ1) is 12.2. The summed E-state index contributed by atoms with van der Waals surface area (Å²) in [5, 5.41) is 0. The largest absolute Gasteiger partial charge is 0.386 e. The fraction of sp³-hybridized carbons (Fsp3) is 0.333. The van der Waals surface area contributed by atoms with Crippen LogP contribution < -0.4 is 4.90 Å². The summed E-state index contributed by atoms with van der Waals surface area (Å²) < 4.78 is 4.72. The van der Waals surface area contributed by atoms with Crippen LogP contribution in [0.2, 0.25) is 0 Å². The first-order valence-electron chi connectivity index (χ1n) is 8.70. The maximum Gasteiger partial charge on any atom is 0.347 e. The predicted octanol–water partition coefficient (Wildman–Crippen LogP) is 3.84. The molecule has 5 heteroatoms. The topological polar surface area (TPSA) is 46.6 Å². The van der Waals surface area contributed by atoms with Crippen molar-refractivity contribution in [3.63, 3.8) is 0 Å². The second kappa shape index (κ2) is 4.52. The number of carbonyl (C=O) groups excluding carboxylic acids is 2. The highest BCUT2D eigenvalue weighted by Crippen LogP contribution is 2.68. The van der Waals surface area contributed by atoms with Crippen molar-refractivity contribution in [3.05, 3.63) is 57.0 Å². The smallest absolute Gasteiger partial charge is 0.347 e. The lowest BCUT2D eigenvalue weighted by Gasteiger charge is -2.51. The number of esters is 2. The average molecular weight is 365 g/mol. The van der Waals surface area contributed by atoms with Gasteiger partial charge in [0.25, 0.3) is 0 Å². The Hall–Kier alpha value is -2.27. The minimum absolute atomic E-state index is 0.382. The van der Waals surface area contributed by atoms with Crippen molar-refractivity contribution >= 4 is 35.0 Å². The van der Waals surface area contributed by atoms with Crippen molar-refractivity contribution in [1.82, 2.24) is 0 Å². The number of allylic oxidation sites excluding steroid dienone is 2. The number of nitrogens with zero attached hydrogens (tertiary/aromatic N) is 1. The lowest BCUT2D eigenvalue weighted by molar-refractivity contribution is -0.149. The Morgan fingerprint density at radius 3 is 2.31 bits per heavy atom. The van der Waals surface area contributed by atoms with Crippen molar-refractivity contribution < 1.29 is 14.3 Å². The van der Waals surface area contributed by atoms with Crippen LogP contribution in [0.3, 0.4) is 0 Å². The molecule has 132 valence electrons. The summed E-state index contributed by atoms with van der Waals surface area (Å²) >= 11 is 1.79. The van der Waals surface area contributed by atoms with Gasteiger partial charge in [0.2, 0.25) is 0 Å². The number of hydrogen-bond acceptors (Lipinski definition) is 5. The van der Waals surface area contributed by atoms with Crippen LogP contribution in [0, 0.1) is 0 Å². The number of fused-ring (bicyclic) bond motifs is 6. The number of ether oxygens (including phenoxy) is 1. The zero-order chi connectivity index (χ0) is 18.6. The summed E-state index contributed by atoms with van der Waals surface area (Å²) in [6.07, 6.45) is 0. The van der Waals surface area contributed by atoms with Gasteiger partial charge in [-0.15, -0.1) is 11.8 Å². The monoisotopic (exact) mass is 365 g/mol. The van der Waals surface area contributed by atoms with Gasteiger partial charge in [-0.05, 0) is 49.8 Å². The molecule has 26 heavy (non-hydrogen) atoms. The Kier molecular flexibility index (Phi) is 2.77. The minimum atomic E-state index is -0.520. The summed E-state index contributed by atoms with van der Waals surface area (Å²) in [6.45, 7) is 8.50. The molecule has 4 nitrogen and oxygen atoms in total. The lowest BCUT2D eigenvalue weighted by Crippen LogP contribution is -2.58. The summed E-state index contributed by atoms with van der Waals surface area (Å²) in [6, 6.07) is 8.09. The molecular formula is C21H19NO3S.